The molecule has 0 aliphatic rings. The molecule has 0 aliphatic carbocycles. The number of hydrogen-bond donors (Lipinski definition) is 0. The van der Waals surface area contributed by atoms with Gasteiger partial charge in [-0.05, 0) is 32.1 Å². The maximum absolute atomic E-state index is 11.9. The zero-order chi connectivity index (χ0) is 16.9. The van der Waals surface area contributed by atoms with Crippen LogP contribution >= 0.6 is 11.3 Å². The van der Waals surface area contributed by atoms with Gasteiger partial charge in [-0.25, -0.2) is 9.78 Å². The molecule has 0 N–H and O–H groups in total. The van der Waals surface area contributed by atoms with Crippen LogP contribution in [0.15, 0.2) is 46.2 Å². The van der Waals surface area contributed by atoms with Gasteiger partial charge in [0.05, 0.1) is 10.7 Å². The molecule has 3 aromatic rings. The number of benzene rings is 1. The maximum Gasteiger partial charge on any atom is 0.331 e. The number of carbonyl (C=O) groups is 1. The largest absolute Gasteiger partial charge is 0.449 e. The molecule has 6 nitrogen and oxygen atoms in total. The molecule has 1 aromatic carbocycles. The van der Waals surface area contributed by atoms with Crippen LogP contribution in [0.4, 0.5) is 0 Å². The van der Waals surface area contributed by atoms with E-state index in [1.54, 1.807) is 13.0 Å². The van der Waals surface area contributed by atoms with Crippen molar-refractivity contribution < 1.29 is 13.9 Å². The summed E-state index contributed by atoms with van der Waals surface area (Å²) in [5.74, 6) is 0.148. The highest BCUT2D eigenvalue weighted by Crippen LogP contribution is 2.22. The van der Waals surface area contributed by atoms with E-state index >= 15 is 0 Å². The predicted molar refractivity (Wildman–Crippen MR) is 90.1 cm³/mol. The molecular formula is C17H15N3O3S. The Morgan fingerprint density at radius 1 is 1.29 bits per heavy atom. The van der Waals surface area contributed by atoms with E-state index in [-0.39, 0.29) is 5.89 Å². The fourth-order valence-corrected chi connectivity index (χ4v) is 2.55. The molecule has 24 heavy (non-hydrogen) atoms. The monoisotopic (exact) mass is 341 g/mol. The van der Waals surface area contributed by atoms with Crippen molar-refractivity contribution in [2.24, 2.45) is 0 Å². The van der Waals surface area contributed by atoms with Crippen molar-refractivity contribution in [2.45, 2.75) is 20.0 Å². The second kappa shape index (κ2) is 7.18. The molecule has 0 amide bonds. The number of ether oxygens (including phenoxy) is 1. The van der Waals surface area contributed by atoms with Crippen molar-refractivity contribution in [1.82, 2.24) is 15.2 Å². The molecule has 0 saturated heterocycles. The van der Waals surface area contributed by atoms with Crippen LogP contribution in [0.1, 0.15) is 29.6 Å². The summed E-state index contributed by atoms with van der Waals surface area (Å²) in [5, 5.41) is 10.7. The zero-order valence-corrected chi connectivity index (χ0v) is 14.0. The molecule has 2 aromatic heterocycles. The Morgan fingerprint density at radius 2 is 2.08 bits per heavy atom. The molecular weight excluding hydrogens is 326 g/mol. The van der Waals surface area contributed by atoms with Crippen LogP contribution in [0.3, 0.4) is 0 Å². The minimum absolute atomic E-state index is 0.250. The lowest BCUT2D eigenvalue weighted by molar-refractivity contribution is -0.143. The van der Waals surface area contributed by atoms with Crippen molar-refractivity contribution in [1.29, 1.82) is 0 Å². The lowest BCUT2D eigenvalue weighted by atomic mass is 10.2. The van der Waals surface area contributed by atoms with E-state index in [4.69, 9.17) is 9.15 Å². The van der Waals surface area contributed by atoms with Gasteiger partial charge < -0.3 is 9.15 Å². The first-order chi connectivity index (χ1) is 11.6. The van der Waals surface area contributed by atoms with Crippen LogP contribution in [-0.2, 0) is 9.53 Å². The third-order valence-electron chi connectivity index (χ3n) is 3.13. The number of thiazole rings is 1. The van der Waals surface area contributed by atoms with Crippen LogP contribution in [-0.4, -0.2) is 21.2 Å². The SMILES string of the molecule is Cc1nc(/C=C/C(=O)OC(C)c2nnc(-c3ccccc3)o2)cs1. The minimum atomic E-state index is -0.635. The van der Waals surface area contributed by atoms with E-state index in [0.717, 1.165) is 16.3 Å². The molecule has 0 aliphatic heterocycles. The van der Waals surface area contributed by atoms with Gasteiger partial charge in [-0.1, -0.05) is 18.2 Å². The summed E-state index contributed by atoms with van der Waals surface area (Å²) in [7, 11) is 0. The first kappa shape index (κ1) is 16.1. The van der Waals surface area contributed by atoms with Gasteiger partial charge >= 0.3 is 5.97 Å². The van der Waals surface area contributed by atoms with E-state index in [1.807, 2.05) is 42.6 Å². The van der Waals surface area contributed by atoms with Gasteiger partial charge in [-0.2, -0.15) is 0 Å². The summed E-state index contributed by atoms with van der Waals surface area (Å²) >= 11 is 1.52. The van der Waals surface area contributed by atoms with E-state index in [1.165, 1.54) is 17.4 Å². The summed E-state index contributed by atoms with van der Waals surface area (Å²) in [6.45, 7) is 3.59. The molecule has 2 heterocycles. The Hall–Kier alpha value is -2.80. The third kappa shape index (κ3) is 3.94. The number of esters is 1. The van der Waals surface area contributed by atoms with E-state index < -0.39 is 12.1 Å². The van der Waals surface area contributed by atoms with Gasteiger partial charge in [0, 0.05) is 17.0 Å². The smallest absolute Gasteiger partial charge is 0.331 e. The summed E-state index contributed by atoms with van der Waals surface area (Å²) in [4.78, 5) is 16.1. The highest BCUT2D eigenvalue weighted by Gasteiger charge is 2.17. The summed E-state index contributed by atoms with van der Waals surface area (Å²) in [6.07, 6.45) is 2.31. The lowest BCUT2D eigenvalue weighted by Gasteiger charge is -2.06. The second-order valence-electron chi connectivity index (χ2n) is 5.02. The van der Waals surface area contributed by atoms with Crippen LogP contribution in [0.25, 0.3) is 17.5 Å². The average molecular weight is 341 g/mol. The van der Waals surface area contributed by atoms with Gasteiger partial charge in [-0.3, -0.25) is 0 Å². The molecule has 0 bridgehead atoms. The Labute approximate surface area is 142 Å². The van der Waals surface area contributed by atoms with E-state index in [9.17, 15) is 4.79 Å². The average Bonchev–Trinajstić information content (AvgIpc) is 3.23. The van der Waals surface area contributed by atoms with Crippen molar-refractivity contribution in [3.63, 3.8) is 0 Å². The molecule has 0 spiro atoms. The predicted octanol–water partition coefficient (Wildman–Crippen LogP) is 3.82. The zero-order valence-electron chi connectivity index (χ0n) is 13.2. The molecule has 3 rings (SSSR count). The summed E-state index contributed by atoms with van der Waals surface area (Å²) < 4.78 is 10.8. The lowest BCUT2D eigenvalue weighted by Crippen LogP contribution is -2.06. The number of aromatic nitrogens is 3. The van der Waals surface area contributed by atoms with Crippen molar-refractivity contribution in [2.75, 3.05) is 0 Å². The Kier molecular flexibility index (Phi) is 4.81. The first-order valence-electron chi connectivity index (χ1n) is 7.31. The quantitative estimate of drug-likeness (QED) is 0.518. The molecule has 7 heteroatoms. The van der Waals surface area contributed by atoms with Crippen molar-refractivity contribution in [3.05, 3.63) is 58.4 Å². The van der Waals surface area contributed by atoms with Crippen LogP contribution in [0.2, 0.25) is 0 Å². The number of aryl methyl sites for hydroxylation is 1. The van der Waals surface area contributed by atoms with Gasteiger partial charge in [0.15, 0.2) is 6.10 Å². The van der Waals surface area contributed by atoms with Crippen LogP contribution in [0, 0.1) is 6.92 Å². The normalized spacial score (nSPS) is 12.4. The Morgan fingerprint density at radius 3 is 2.79 bits per heavy atom. The second-order valence-corrected chi connectivity index (χ2v) is 6.08. The van der Waals surface area contributed by atoms with Crippen molar-refractivity contribution >= 4 is 23.4 Å². The van der Waals surface area contributed by atoms with Crippen LogP contribution < -0.4 is 0 Å². The summed E-state index contributed by atoms with van der Waals surface area (Å²) in [6, 6.07) is 9.40. The number of rotatable bonds is 5. The Balaban J connectivity index is 1.62. The van der Waals surface area contributed by atoms with Gasteiger partial charge in [0.25, 0.3) is 5.89 Å². The molecule has 1 unspecified atom stereocenters. The number of nitrogens with zero attached hydrogens (tertiary/aromatic N) is 3. The van der Waals surface area contributed by atoms with Crippen molar-refractivity contribution in [3.8, 4) is 11.5 Å². The van der Waals surface area contributed by atoms with Gasteiger partial charge in [0.2, 0.25) is 5.89 Å². The Bertz CT molecular complexity index is 855. The molecule has 0 saturated carbocycles. The van der Waals surface area contributed by atoms with Crippen LogP contribution in [0.5, 0.6) is 0 Å². The fourth-order valence-electron chi connectivity index (χ4n) is 1.97. The van der Waals surface area contributed by atoms with E-state index in [0.29, 0.717) is 5.89 Å². The summed E-state index contributed by atoms with van der Waals surface area (Å²) in [5.41, 5.74) is 1.54. The number of carbonyl (C=O) groups excluding carboxylic acids is 1. The fraction of sp³-hybridized carbons (Fsp3) is 0.176. The standard InChI is InChI=1S/C17H15N3O3S/c1-11(22-15(21)9-8-14-10-24-12(2)18-14)16-19-20-17(23-16)13-6-4-3-5-7-13/h3-11H,1-2H3/b9-8+. The minimum Gasteiger partial charge on any atom is -0.449 e. The van der Waals surface area contributed by atoms with E-state index in [2.05, 4.69) is 15.2 Å². The molecule has 1 atom stereocenters. The highest BCUT2D eigenvalue weighted by molar-refractivity contribution is 7.09. The number of hydrogen-bond acceptors (Lipinski definition) is 7. The topological polar surface area (TPSA) is 78.1 Å². The van der Waals surface area contributed by atoms with Gasteiger partial charge in [0.1, 0.15) is 0 Å². The van der Waals surface area contributed by atoms with Gasteiger partial charge in [-0.15, -0.1) is 21.5 Å². The third-order valence-corrected chi connectivity index (χ3v) is 3.92. The molecule has 0 radical (unpaired) electrons. The molecule has 0 fully saturated rings. The maximum atomic E-state index is 11.9. The molecule has 122 valence electrons. The highest BCUT2D eigenvalue weighted by atomic mass is 32.1. The first-order valence-corrected chi connectivity index (χ1v) is 8.19.